The van der Waals surface area contributed by atoms with Gasteiger partial charge in [-0.3, -0.25) is 5.84 Å². The van der Waals surface area contributed by atoms with Crippen molar-refractivity contribution in [2.24, 2.45) is 5.84 Å². The highest BCUT2D eigenvalue weighted by atomic mass is 35.5. The highest BCUT2D eigenvalue weighted by molar-refractivity contribution is 6.30. The molecule has 1 aliphatic heterocycles. The number of benzene rings is 1. The zero-order valence-electron chi connectivity index (χ0n) is 15.3. The molecular weight excluding hydrogens is 294 g/mol. The zero-order chi connectivity index (χ0) is 17.6. The van der Waals surface area contributed by atoms with Gasteiger partial charge < -0.3 is 5.73 Å². The number of hydrogen-bond donors (Lipinski definition) is 2. The number of hydrogen-bond acceptors (Lipinski definition) is 3. The second kappa shape index (κ2) is 8.76. The first-order valence-electron chi connectivity index (χ1n) is 8.13. The molecule has 0 aromatic heterocycles. The molecule has 1 aliphatic rings. The number of nitrogens with zero attached hydrogens (tertiary/aromatic N) is 1. The van der Waals surface area contributed by atoms with Gasteiger partial charge in [-0.2, -0.15) is 0 Å². The highest BCUT2D eigenvalue weighted by Crippen LogP contribution is 2.34. The van der Waals surface area contributed by atoms with Crippen LogP contribution in [-0.4, -0.2) is 16.1 Å². The second-order valence-electron chi connectivity index (χ2n) is 6.85. The van der Waals surface area contributed by atoms with Crippen LogP contribution in [0.5, 0.6) is 0 Å². The van der Waals surface area contributed by atoms with Crippen LogP contribution >= 0.6 is 11.6 Å². The Bertz CT molecular complexity index is 440. The topological polar surface area (TPSA) is 55.3 Å². The van der Waals surface area contributed by atoms with E-state index in [0.29, 0.717) is 0 Å². The van der Waals surface area contributed by atoms with Gasteiger partial charge >= 0.3 is 0 Å². The van der Waals surface area contributed by atoms with Crippen molar-refractivity contribution in [3.05, 3.63) is 28.8 Å². The molecule has 0 saturated carbocycles. The Morgan fingerprint density at radius 3 is 1.82 bits per heavy atom. The summed E-state index contributed by atoms with van der Waals surface area (Å²) in [6.45, 7) is 14.8. The Morgan fingerprint density at radius 2 is 1.50 bits per heavy atom. The Hall–Kier alpha value is -0.770. The maximum Gasteiger partial charge on any atom is 0.0410 e. The first-order valence-corrected chi connectivity index (χ1v) is 8.51. The molecule has 1 saturated heterocycles. The number of nitrogen functional groups attached to an aromatic ring is 1. The van der Waals surface area contributed by atoms with Crippen molar-refractivity contribution in [1.29, 1.82) is 0 Å². The fourth-order valence-electron chi connectivity index (χ4n) is 2.65. The SMILES string of the molecule is CC.CC1(C)CCCC(C)(C)N1N.Cc1cc(Cl)ccc1N. The Kier molecular flexibility index (Phi) is 8.45. The van der Waals surface area contributed by atoms with E-state index in [4.69, 9.17) is 23.2 Å². The van der Waals surface area contributed by atoms with Crippen LogP contribution in [0.15, 0.2) is 18.2 Å². The number of rotatable bonds is 0. The summed E-state index contributed by atoms with van der Waals surface area (Å²) in [6.07, 6.45) is 3.73. The van der Waals surface area contributed by atoms with Gasteiger partial charge in [0.25, 0.3) is 0 Å². The second-order valence-corrected chi connectivity index (χ2v) is 7.29. The lowest BCUT2D eigenvalue weighted by Crippen LogP contribution is -2.62. The van der Waals surface area contributed by atoms with Crippen molar-refractivity contribution < 1.29 is 0 Å². The van der Waals surface area contributed by atoms with Gasteiger partial charge in [-0.05, 0) is 77.6 Å². The zero-order valence-corrected chi connectivity index (χ0v) is 16.1. The summed E-state index contributed by atoms with van der Waals surface area (Å²) in [5, 5.41) is 2.76. The van der Waals surface area contributed by atoms with E-state index in [2.05, 4.69) is 27.7 Å². The maximum absolute atomic E-state index is 6.02. The summed E-state index contributed by atoms with van der Waals surface area (Å²) in [6, 6.07) is 5.43. The smallest absolute Gasteiger partial charge is 0.0410 e. The lowest BCUT2D eigenvalue weighted by Gasteiger charge is -2.50. The standard InChI is InChI=1S/C9H20N2.C7H8ClN.C2H6/c1-8(2)6-5-7-9(3,4)11(8)10;1-5-4-6(8)2-3-7(5)9;1-2/h5-7,10H2,1-4H3;2-4H,9H2,1H3;1-2H3. The average Bonchev–Trinajstić information content (AvgIpc) is 2.43. The largest absolute Gasteiger partial charge is 0.399 e. The van der Waals surface area contributed by atoms with Crippen molar-refractivity contribution in [3.8, 4) is 0 Å². The van der Waals surface area contributed by atoms with Gasteiger partial charge in [0.2, 0.25) is 0 Å². The van der Waals surface area contributed by atoms with Crippen LogP contribution in [0.25, 0.3) is 0 Å². The molecule has 4 heteroatoms. The van der Waals surface area contributed by atoms with Crippen LogP contribution in [0, 0.1) is 6.92 Å². The Labute approximate surface area is 142 Å². The summed E-state index contributed by atoms with van der Waals surface area (Å²) >= 11 is 5.66. The normalized spacial score (nSPS) is 19.3. The van der Waals surface area contributed by atoms with E-state index in [0.717, 1.165) is 16.3 Å². The number of halogens is 1. The van der Waals surface area contributed by atoms with Crippen LogP contribution in [0.3, 0.4) is 0 Å². The number of aryl methyl sites for hydroxylation is 1. The summed E-state index contributed by atoms with van der Waals surface area (Å²) < 4.78 is 0. The van der Waals surface area contributed by atoms with E-state index in [-0.39, 0.29) is 11.1 Å². The van der Waals surface area contributed by atoms with Crippen molar-refractivity contribution in [3.63, 3.8) is 0 Å². The molecule has 4 N–H and O–H groups in total. The highest BCUT2D eigenvalue weighted by Gasteiger charge is 2.38. The first kappa shape index (κ1) is 21.2. The Morgan fingerprint density at radius 1 is 1.05 bits per heavy atom. The molecule has 128 valence electrons. The number of piperidine rings is 1. The number of hydrazine groups is 1. The van der Waals surface area contributed by atoms with Crippen molar-refractivity contribution >= 4 is 17.3 Å². The minimum atomic E-state index is 0.182. The predicted molar refractivity (Wildman–Crippen MR) is 100.0 cm³/mol. The third-order valence-corrected chi connectivity index (χ3v) is 4.35. The van der Waals surface area contributed by atoms with Gasteiger partial charge in [-0.25, -0.2) is 5.01 Å². The Balaban J connectivity index is 0.000000366. The molecule has 1 aromatic carbocycles. The molecule has 2 rings (SSSR count). The molecule has 0 unspecified atom stereocenters. The molecule has 0 spiro atoms. The van der Waals surface area contributed by atoms with Crippen molar-refractivity contribution in [2.75, 3.05) is 5.73 Å². The minimum Gasteiger partial charge on any atom is -0.399 e. The van der Waals surface area contributed by atoms with Crippen LogP contribution < -0.4 is 11.6 Å². The van der Waals surface area contributed by atoms with Gasteiger partial charge in [0.1, 0.15) is 0 Å². The van der Waals surface area contributed by atoms with E-state index >= 15 is 0 Å². The lowest BCUT2D eigenvalue weighted by molar-refractivity contribution is -0.0278. The van der Waals surface area contributed by atoms with Crippen LogP contribution in [-0.2, 0) is 0 Å². The summed E-state index contributed by atoms with van der Waals surface area (Å²) in [7, 11) is 0. The molecule has 3 nitrogen and oxygen atoms in total. The lowest BCUT2D eigenvalue weighted by atomic mass is 9.82. The summed E-state index contributed by atoms with van der Waals surface area (Å²) in [5.41, 5.74) is 7.72. The third kappa shape index (κ3) is 6.15. The molecule has 0 amide bonds. The van der Waals surface area contributed by atoms with Gasteiger partial charge in [-0.1, -0.05) is 25.4 Å². The summed E-state index contributed by atoms with van der Waals surface area (Å²) in [5.74, 6) is 6.02. The first-order chi connectivity index (χ1) is 10.1. The third-order valence-electron chi connectivity index (χ3n) is 4.11. The van der Waals surface area contributed by atoms with Crippen molar-refractivity contribution in [2.45, 2.75) is 78.8 Å². The van der Waals surface area contributed by atoms with Crippen LogP contribution in [0.4, 0.5) is 5.69 Å². The fraction of sp³-hybridized carbons (Fsp3) is 0.667. The van der Waals surface area contributed by atoms with Gasteiger partial charge in [0, 0.05) is 21.8 Å². The number of nitrogens with two attached hydrogens (primary N) is 2. The molecular formula is C18H34ClN3. The quantitative estimate of drug-likeness (QED) is 0.511. The van der Waals surface area contributed by atoms with Gasteiger partial charge in [-0.15, -0.1) is 0 Å². The van der Waals surface area contributed by atoms with E-state index in [1.807, 2.05) is 31.8 Å². The molecule has 1 fully saturated rings. The molecule has 0 bridgehead atoms. The fourth-order valence-corrected chi connectivity index (χ4v) is 2.88. The average molecular weight is 328 g/mol. The van der Waals surface area contributed by atoms with Gasteiger partial charge in [0.05, 0.1) is 0 Å². The van der Waals surface area contributed by atoms with Crippen LogP contribution in [0.2, 0.25) is 5.02 Å². The molecule has 0 aliphatic carbocycles. The number of anilines is 1. The molecule has 1 heterocycles. The predicted octanol–water partition coefficient (Wildman–Crippen LogP) is 5.16. The van der Waals surface area contributed by atoms with E-state index in [9.17, 15) is 0 Å². The van der Waals surface area contributed by atoms with E-state index in [1.54, 1.807) is 12.1 Å². The maximum atomic E-state index is 6.02. The molecule has 0 atom stereocenters. The summed E-state index contributed by atoms with van der Waals surface area (Å²) in [4.78, 5) is 0. The molecule has 1 aromatic rings. The van der Waals surface area contributed by atoms with Gasteiger partial charge in [0.15, 0.2) is 0 Å². The van der Waals surface area contributed by atoms with E-state index < -0.39 is 0 Å². The van der Waals surface area contributed by atoms with E-state index in [1.165, 1.54) is 19.3 Å². The molecule has 22 heavy (non-hydrogen) atoms. The minimum absolute atomic E-state index is 0.182. The van der Waals surface area contributed by atoms with Crippen molar-refractivity contribution in [1.82, 2.24) is 5.01 Å². The van der Waals surface area contributed by atoms with Crippen LogP contribution in [0.1, 0.15) is 66.4 Å². The monoisotopic (exact) mass is 327 g/mol. The molecule has 0 radical (unpaired) electrons.